The largest absolute Gasteiger partial charge is 0.465 e. The molecular formula is C21H28O3. The fraction of sp³-hybridized carbons (Fsp3) is 0.857. The van der Waals surface area contributed by atoms with Crippen molar-refractivity contribution in [3.05, 3.63) is 12.2 Å². The third-order valence-corrected chi connectivity index (χ3v) is 9.09. The van der Waals surface area contributed by atoms with Crippen molar-refractivity contribution >= 4 is 5.97 Å². The van der Waals surface area contributed by atoms with E-state index >= 15 is 0 Å². The second-order valence-corrected chi connectivity index (χ2v) is 9.57. The summed E-state index contributed by atoms with van der Waals surface area (Å²) in [5, 5.41) is 8.89. The molecule has 0 aromatic heterocycles. The van der Waals surface area contributed by atoms with Gasteiger partial charge in [-0.25, -0.2) is 0 Å². The highest BCUT2D eigenvalue weighted by Crippen LogP contribution is 2.76. The minimum Gasteiger partial charge on any atom is -0.465 e. The van der Waals surface area contributed by atoms with Gasteiger partial charge >= 0.3 is 5.97 Å². The first kappa shape index (κ1) is 14.4. The lowest BCUT2D eigenvalue weighted by Gasteiger charge is -2.45. The Labute approximate surface area is 143 Å². The van der Waals surface area contributed by atoms with Crippen molar-refractivity contribution in [3.63, 3.8) is 0 Å². The van der Waals surface area contributed by atoms with E-state index in [4.69, 9.17) is 9.84 Å². The van der Waals surface area contributed by atoms with Crippen molar-refractivity contribution in [1.29, 1.82) is 0 Å². The van der Waals surface area contributed by atoms with E-state index in [2.05, 4.69) is 12.2 Å². The van der Waals surface area contributed by atoms with Gasteiger partial charge in [-0.05, 0) is 84.9 Å². The number of aliphatic hydroxyl groups is 1. The highest BCUT2D eigenvalue weighted by molar-refractivity contribution is 5.73. The SMILES string of the molecule is O=C(OCCCO)C1CC2CC1C1C3CC(C4C5C=CC(C5)C34)C21. The van der Waals surface area contributed by atoms with Gasteiger partial charge in [0.15, 0.2) is 0 Å². The molecular weight excluding hydrogens is 300 g/mol. The van der Waals surface area contributed by atoms with Gasteiger partial charge in [0, 0.05) is 13.0 Å². The van der Waals surface area contributed by atoms with Crippen LogP contribution in [-0.4, -0.2) is 24.3 Å². The third-order valence-electron chi connectivity index (χ3n) is 9.09. The van der Waals surface area contributed by atoms with Crippen LogP contribution >= 0.6 is 0 Å². The maximum absolute atomic E-state index is 12.5. The molecule has 11 unspecified atom stereocenters. The van der Waals surface area contributed by atoms with E-state index in [0.29, 0.717) is 18.9 Å². The molecule has 0 amide bonds. The number of aliphatic hydroxyl groups excluding tert-OH is 1. The van der Waals surface area contributed by atoms with Crippen LogP contribution in [0.3, 0.4) is 0 Å². The number of hydrogen-bond acceptors (Lipinski definition) is 3. The summed E-state index contributed by atoms with van der Waals surface area (Å²) in [6.45, 7) is 0.500. The molecule has 5 saturated carbocycles. The Bertz CT molecular complexity index is 598. The van der Waals surface area contributed by atoms with Gasteiger partial charge in [0.05, 0.1) is 12.5 Å². The van der Waals surface area contributed by atoms with Crippen LogP contribution in [-0.2, 0) is 9.53 Å². The minimum absolute atomic E-state index is 0.0431. The van der Waals surface area contributed by atoms with Gasteiger partial charge in [0.1, 0.15) is 0 Å². The van der Waals surface area contributed by atoms with Crippen molar-refractivity contribution in [3.8, 4) is 0 Å². The molecule has 5 fully saturated rings. The lowest BCUT2D eigenvalue weighted by molar-refractivity contribution is -0.153. The van der Waals surface area contributed by atoms with Gasteiger partial charge in [-0.15, -0.1) is 0 Å². The maximum atomic E-state index is 12.5. The standard InChI is InChI=1S/C21H28O3/c22-4-1-5-24-21(23)14-8-12-7-13(14)20-16-9-15(19(12)20)17-10-2-3-11(6-10)18(16)17/h2-3,10-20,22H,1,4-9H2. The van der Waals surface area contributed by atoms with Crippen LogP contribution in [0, 0.1) is 65.1 Å². The Kier molecular flexibility index (Phi) is 2.91. The van der Waals surface area contributed by atoms with E-state index in [9.17, 15) is 4.79 Å². The fourth-order valence-electron chi connectivity index (χ4n) is 8.86. The minimum atomic E-state index is 0.0431. The number of hydrogen-bond donors (Lipinski definition) is 1. The van der Waals surface area contributed by atoms with Gasteiger partial charge in [-0.1, -0.05) is 12.2 Å². The van der Waals surface area contributed by atoms with Crippen LogP contribution in [0.2, 0.25) is 0 Å². The van der Waals surface area contributed by atoms with E-state index < -0.39 is 0 Å². The van der Waals surface area contributed by atoms with Crippen molar-refractivity contribution in [2.45, 2.75) is 32.1 Å². The summed E-state index contributed by atoms with van der Waals surface area (Å²) in [7, 11) is 0. The van der Waals surface area contributed by atoms with Gasteiger partial charge in [-0.2, -0.15) is 0 Å². The molecule has 0 heterocycles. The first-order valence-corrected chi connectivity index (χ1v) is 10.2. The van der Waals surface area contributed by atoms with Gasteiger partial charge in [-0.3, -0.25) is 4.79 Å². The van der Waals surface area contributed by atoms with Crippen molar-refractivity contribution in [1.82, 2.24) is 0 Å². The van der Waals surface area contributed by atoms with Crippen molar-refractivity contribution in [2.24, 2.45) is 65.1 Å². The number of fused-ring (bicyclic) bond motifs is 16. The molecule has 6 rings (SSSR count). The number of rotatable bonds is 4. The number of allylic oxidation sites excluding steroid dienone is 2. The average molecular weight is 328 g/mol. The molecule has 3 heteroatoms. The van der Waals surface area contributed by atoms with Crippen molar-refractivity contribution < 1.29 is 14.6 Å². The summed E-state index contributed by atoms with van der Waals surface area (Å²) in [4.78, 5) is 12.5. The third kappa shape index (κ3) is 1.61. The lowest BCUT2D eigenvalue weighted by Crippen LogP contribution is -2.43. The zero-order valence-electron chi connectivity index (χ0n) is 14.2. The highest BCUT2D eigenvalue weighted by Gasteiger charge is 2.71. The highest BCUT2D eigenvalue weighted by atomic mass is 16.5. The average Bonchev–Trinajstić information content (AvgIpc) is 3.40. The number of esters is 1. The number of ether oxygens (including phenoxy) is 1. The predicted octanol–water partition coefficient (Wildman–Crippen LogP) is 2.89. The Morgan fingerprint density at radius 2 is 1.67 bits per heavy atom. The second kappa shape index (κ2) is 4.87. The molecule has 6 aliphatic carbocycles. The Morgan fingerprint density at radius 1 is 0.917 bits per heavy atom. The van der Waals surface area contributed by atoms with E-state index in [1.54, 1.807) is 0 Å². The van der Waals surface area contributed by atoms with Gasteiger partial charge in [0.25, 0.3) is 0 Å². The van der Waals surface area contributed by atoms with E-state index in [1.165, 1.54) is 19.3 Å². The molecule has 0 aromatic rings. The van der Waals surface area contributed by atoms with E-state index in [-0.39, 0.29) is 18.5 Å². The van der Waals surface area contributed by atoms with E-state index in [1.807, 2.05) is 0 Å². The second-order valence-electron chi connectivity index (χ2n) is 9.57. The van der Waals surface area contributed by atoms with Crippen LogP contribution in [0.5, 0.6) is 0 Å². The van der Waals surface area contributed by atoms with Crippen LogP contribution in [0.15, 0.2) is 12.2 Å². The molecule has 0 aliphatic heterocycles. The predicted molar refractivity (Wildman–Crippen MR) is 88.7 cm³/mol. The Hall–Kier alpha value is -0.830. The molecule has 3 nitrogen and oxygen atoms in total. The summed E-state index contributed by atoms with van der Waals surface area (Å²) < 4.78 is 5.47. The van der Waals surface area contributed by atoms with Crippen LogP contribution in [0.1, 0.15) is 32.1 Å². The lowest BCUT2D eigenvalue weighted by atomic mass is 9.59. The first-order valence-electron chi connectivity index (χ1n) is 10.2. The molecule has 6 aliphatic rings. The number of carbonyl (C=O) groups is 1. The summed E-state index contributed by atoms with van der Waals surface area (Å²) >= 11 is 0. The zero-order valence-corrected chi connectivity index (χ0v) is 14.2. The molecule has 0 spiro atoms. The molecule has 24 heavy (non-hydrogen) atoms. The summed E-state index contributed by atoms with van der Waals surface area (Å²) in [6, 6.07) is 0. The summed E-state index contributed by atoms with van der Waals surface area (Å²) in [5.41, 5.74) is 0. The molecule has 11 atom stereocenters. The zero-order chi connectivity index (χ0) is 16.0. The quantitative estimate of drug-likeness (QED) is 0.374. The van der Waals surface area contributed by atoms with Crippen molar-refractivity contribution in [2.75, 3.05) is 13.2 Å². The van der Waals surface area contributed by atoms with Crippen LogP contribution in [0.4, 0.5) is 0 Å². The molecule has 0 aromatic carbocycles. The van der Waals surface area contributed by atoms with Crippen LogP contribution < -0.4 is 0 Å². The fourth-order valence-corrected chi connectivity index (χ4v) is 8.86. The Morgan fingerprint density at radius 3 is 2.42 bits per heavy atom. The molecule has 1 N–H and O–H groups in total. The maximum Gasteiger partial charge on any atom is 0.309 e. The smallest absolute Gasteiger partial charge is 0.309 e. The first-order chi connectivity index (χ1) is 11.8. The molecule has 6 bridgehead atoms. The normalized spacial score (nSPS) is 57.6. The Balaban J connectivity index is 1.23. The summed E-state index contributed by atoms with van der Waals surface area (Å²) in [5.74, 6) is 9.00. The van der Waals surface area contributed by atoms with Crippen LogP contribution in [0.25, 0.3) is 0 Å². The molecule has 130 valence electrons. The number of carbonyl (C=O) groups excluding carboxylic acids is 1. The molecule has 0 radical (unpaired) electrons. The van der Waals surface area contributed by atoms with Gasteiger partial charge in [0.2, 0.25) is 0 Å². The van der Waals surface area contributed by atoms with Gasteiger partial charge < -0.3 is 9.84 Å². The summed E-state index contributed by atoms with van der Waals surface area (Å²) in [6.07, 6.45) is 10.9. The topological polar surface area (TPSA) is 46.5 Å². The molecule has 0 saturated heterocycles. The monoisotopic (exact) mass is 328 g/mol. The van der Waals surface area contributed by atoms with E-state index in [0.717, 1.165) is 59.7 Å².